The molecule has 1 amide bonds. The van der Waals surface area contributed by atoms with Gasteiger partial charge in [-0.05, 0) is 30.7 Å². The van der Waals surface area contributed by atoms with Crippen molar-refractivity contribution in [3.05, 3.63) is 53.4 Å². The molecule has 0 fully saturated rings. The molecule has 2 heterocycles. The van der Waals surface area contributed by atoms with Crippen LogP contribution in [0.2, 0.25) is 0 Å². The average molecular weight is 321 g/mol. The molecule has 0 aliphatic carbocycles. The van der Waals surface area contributed by atoms with E-state index in [2.05, 4.69) is 9.98 Å². The number of hydrogen-bond acceptors (Lipinski definition) is 5. The maximum absolute atomic E-state index is 12.2. The van der Waals surface area contributed by atoms with Gasteiger partial charge in [0, 0.05) is 12.4 Å². The van der Waals surface area contributed by atoms with Gasteiger partial charge < -0.3 is 5.21 Å². The number of hydrogen-bond donors (Lipinski definition) is 1. The molecule has 0 radical (unpaired) electrons. The predicted molar refractivity (Wildman–Crippen MR) is 78.2 cm³/mol. The van der Waals surface area contributed by atoms with Crippen molar-refractivity contribution in [3.63, 3.8) is 0 Å². The SMILES string of the molecule is CCS(=O)(=O)c1cccnc1C(=O)N=c1ccc(C)cn1O. The van der Waals surface area contributed by atoms with Crippen LogP contribution in [0.15, 0.2) is 46.5 Å². The molecule has 0 aromatic carbocycles. The number of carbonyl (C=O) groups is 1. The Labute approximate surface area is 127 Å². The molecule has 22 heavy (non-hydrogen) atoms. The Morgan fingerprint density at radius 3 is 2.73 bits per heavy atom. The number of pyridine rings is 2. The zero-order valence-electron chi connectivity index (χ0n) is 12.1. The van der Waals surface area contributed by atoms with Crippen LogP contribution in [-0.2, 0) is 9.84 Å². The van der Waals surface area contributed by atoms with Crippen molar-refractivity contribution in [2.45, 2.75) is 18.7 Å². The number of aryl methyl sites for hydroxylation is 1. The zero-order valence-corrected chi connectivity index (χ0v) is 12.9. The molecule has 0 bridgehead atoms. The van der Waals surface area contributed by atoms with Gasteiger partial charge in [0.2, 0.25) is 0 Å². The molecule has 2 rings (SSSR count). The number of aromatic nitrogens is 2. The van der Waals surface area contributed by atoms with E-state index in [-0.39, 0.29) is 21.8 Å². The lowest BCUT2D eigenvalue weighted by Crippen LogP contribution is -2.21. The van der Waals surface area contributed by atoms with E-state index in [1.165, 1.54) is 37.5 Å². The minimum absolute atomic E-state index is 0.0129. The van der Waals surface area contributed by atoms with Crippen LogP contribution in [0.1, 0.15) is 23.0 Å². The lowest BCUT2D eigenvalue weighted by Gasteiger charge is -2.05. The van der Waals surface area contributed by atoms with Gasteiger partial charge in [0.25, 0.3) is 5.91 Å². The van der Waals surface area contributed by atoms with Crippen molar-refractivity contribution in [1.82, 2.24) is 9.71 Å². The van der Waals surface area contributed by atoms with Crippen molar-refractivity contribution in [1.29, 1.82) is 0 Å². The summed E-state index contributed by atoms with van der Waals surface area (Å²) in [7, 11) is -3.60. The molecular formula is C14H15N3O4S. The molecule has 1 N–H and O–H groups in total. The maximum atomic E-state index is 12.2. The number of nitrogens with zero attached hydrogens (tertiary/aromatic N) is 3. The lowest BCUT2D eigenvalue weighted by atomic mass is 10.3. The third kappa shape index (κ3) is 3.22. The predicted octanol–water partition coefficient (Wildman–Crippen LogP) is 0.964. The molecule has 0 spiro atoms. The molecule has 0 aliphatic rings. The van der Waals surface area contributed by atoms with E-state index in [1.54, 1.807) is 13.0 Å². The summed E-state index contributed by atoms with van der Waals surface area (Å²) in [5.74, 6) is -0.983. The summed E-state index contributed by atoms with van der Waals surface area (Å²) in [5, 5.41) is 9.69. The smallest absolute Gasteiger partial charge is 0.298 e. The van der Waals surface area contributed by atoms with Crippen LogP contribution >= 0.6 is 0 Å². The van der Waals surface area contributed by atoms with Gasteiger partial charge in [-0.2, -0.15) is 9.72 Å². The summed E-state index contributed by atoms with van der Waals surface area (Å²) in [5.41, 5.74) is 0.506. The highest BCUT2D eigenvalue weighted by Gasteiger charge is 2.21. The molecule has 0 aliphatic heterocycles. The Hall–Kier alpha value is -2.48. The second kappa shape index (κ2) is 6.10. The quantitative estimate of drug-likeness (QED) is 0.849. The van der Waals surface area contributed by atoms with Crippen molar-refractivity contribution < 1.29 is 18.4 Å². The Kier molecular flexibility index (Phi) is 4.41. The van der Waals surface area contributed by atoms with Gasteiger partial charge in [-0.1, -0.05) is 13.0 Å². The summed E-state index contributed by atoms with van der Waals surface area (Å²) in [6, 6.07) is 5.87. The third-order valence-corrected chi connectivity index (χ3v) is 4.72. The van der Waals surface area contributed by atoms with Crippen LogP contribution in [-0.4, -0.2) is 35.0 Å². The molecule has 7 nitrogen and oxygen atoms in total. The fraction of sp³-hybridized carbons (Fsp3) is 0.214. The second-order valence-corrected chi connectivity index (χ2v) is 6.83. The lowest BCUT2D eigenvalue weighted by molar-refractivity contribution is 0.0979. The largest absolute Gasteiger partial charge is 0.427 e. The molecule has 0 atom stereocenters. The number of amides is 1. The highest BCUT2D eigenvalue weighted by Crippen LogP contribution is 2.15. The van der Waals surface area contributed by atoms with Crippen LogP contribution < -0.4 is 5.49 Å². The first-order valence-electron chi connectivity index (χ1n) is 6.50. The first-order valence-corrected chi connectivity index (χ1v) is 8.16. The maximum Gasteiger partial charge on any atom is 0.298 e. The topological polar surface area (TPSA) is 102 Å². The molecule has 0 saturated carbocycles. The van der Waals surface area contributed by atoms with E-state index < -0.39 is 15.7 Å². The molecular weight excluding hydrogens is 306 g/mol. The van der Waals surface area contributed by atoms with Gasteiger partial charge in [-0.25, -0.2) is 13.4 Å². The van der Waals surface area contributed by atoms with Crippen molar-refractivity contribution in [2.75, 3.05) is 5.75 Å². The first-order chi connectivity index (χ1) is 10.3. The van der Waals surface area contributed by atoms with E-state index in [1.807, 2.05) is 0 Å². The summed E-state index contributed by atoms with van der Waals surface area (Å²) in [6.45, 7) is 3.25. The monoisotopic (exact) mass is 321 g/mol. The first kappa shape index (κ1) is 15.9. The highest BCUT2D eigenvalue weighted by atomic mass is 32.2. The van der Waals surface area contributed by atoms with Crippen LogP contribution in [0.5, 0.6) is 0 Å². The summed E-state index contributed by atoms with van der Waals surface area (Å²) < 4.78 is 24.7. The fourth-order valence-electron chi connectivity index (χ4n) is 1.79. The Morgan fingerprint density at radius 1 is 1.36 bits per heavy atom. The second-order valence-electron chi connectivity index (χ2n) is 4.58. The van der Waals surface area contributed by atoms with Gasteiger partial charge in [-0.3, -0.25) is 4.79 Å². The standard InChI is InChI=1S/C14H15N3O4S/c1-3-22(20,21)11-5-4-8-15-13(11)14(18)16-12-7-6-10(2)9-17(12)19/h4-9,19H,3H2,1-2H3. The molecule has 0 unspecified atom stereocenters. The van der Waals surface area contributed by atoms with Crippen molar-refractivity contribution in [3.8, 4) is 0 Å². The summed E-state index contributed by atoms with van der Waals surface area (Å²) in [6.07, 6.45) is 2.70. The van der Waals surface area contributed by atoms with E-state index in [0.717, 1.165) is 5.56 Å². The molecule has 116 valence electrons. The molecule has 8 heteroatoms. The minimum Gasteiger partial charge on any atom is -0.427 e. The molecule has 0 saturated heterocycles. The summed E-state index contributed by atoms with van der Waals surface area (Å²) in [4.78, 5) is 19.6. The highest BCUT2D eigenvalue weighted by molar-refractivity contribution is 7.91. The van der Waals surface area contributed by atoms with Gasteiger partial charge in [0.15, 0.2) is 15.3 Å². The normalized spacial score (nSPS) is 12.4. The number of rotatable bonds is 3. The Balaban J connectivity index is 2.56. The number of carbonyl (C=O) groups excluding carboxylic acids is 1. The average Bonchev–Trinajstić information content (AvgIpc) is 2.50. The van der Waals surface area contributed by atoms with Gasteiger partial charge >= 0.3 is 0 Å². The Bertz CT molecular complexity index is 885. The van der Waals surface area contributed by atoms with Gasteiger partial charge in [0.1, 0.15) is 5.69 Å². The fourth-order valence-corrected chi connectivity index (χ4v) is 2.82. The third-order valence-electron chi connectivity index (χ3n) is 2.96. The Morgan fingerprint density at radius 2 is 2.09 bits per heavy atom. The summed E-state index contributed by atoms with van der Waals surface area (Å²) >= 11 is 0. The van der Waals surface area contributed by atoms with Crippen LogP contribution in [0.3, 0.4) is 0 Å². The van der Waals surface area contributed by atoms with Crippen LogP contribution in [0.25, 0.3) is 0 Å². The van der Waals surface area contributed by atoms with Crippen molar-refractivity contribution >= 4 is 15.7 Å². The van der Waals surface area contributed by atoms with Gasteiger partial charge in [-0.15, -0.1) is 0 Å². The number of sulfone groups is 1. The minimum atomic E-state index is -3.60. The van der Waals surface area contributed by atoms with E-state index in [4.69, 9.17) is 0 Å². The molecule has 2 aromatic heterocycles. The van der Waals surface area contributed by atoms with E-state index in [0.29, 0.717) is 4.73 Å². The van der Waals surface area contributed by atoms with E-state index in [9.17, 15) is 18.4 Å². The van der Waals surface area contributed by atoms with Crippen LogP contribution in [0.4, 0.5) is 0 Å². The van der Waals surface area contributed by atoms with Crippen LogP contribution in [0, 0.1) is 6.92 Å². The van der Waals surface area contributed by atoms with E-state index >= 15 is 0 Å². The molecule has 2 aromatic rings. The van der Waals surface area contributed by atoms with Gasteiger partial charge in [0.05, 0.1) is 10.6 Å². The zero-order chi connectivity index (χ0) is 16.3. The van der Waals surface area contributed by atoms with Crippen molar-refractivity contribution in [2.24, 2.45) is 4.99 Å².